The van der Waals surface area contributed by atoms with Crippen LogP contribution in [0.1, 0.15) is 38.7 Å². The fraction of sp³-hybridized carbons (Fsp3) is 0.500. The van der Waals surface area contributed by atoms with Gasteiger partial charge in [-0.05, 0) is 37.5 Å². The molecule has 0 heterocycles. The molecule has 1 atom stereocenters. The summed E-state index contributed by atoms with van der Waals surface area (Å²) in [6.07, 6.45) is 2.98. The highest BCUT2D eigenvalue weighted by molar-refractivity contribution is 7.89. The van der Waals surface area contributed by atoms with Crippen LogP contribution in [0.4, 0.5) is 0 Å². The van der Waals surface area contributed by atoms with Gasteiger partial charge in [0, 0.05) is 12.5 Å². The molecule has 1 aromatic carbocycles. The van der Waals surface area contributed by atoms with Gasteiger partial charge in [0.05, 0.1) is 4.90 Å². The molecule has 0 unspecified atom stereocenters. The number of primary sulfonamides is 1. The van der Waals surface area contributed by atoms with Crippen molar-refractivity contribution in [2.75, 3.05) is 0 Å². The van der Waals surface area contributed by atoms with Gasteiger partial charge in [0.2, 0.25) is 15.9 Å². The molecule has 1 rings (SSSR count). The van der Waals surface area contributed by atoms with E-state index in [9.17, 15) is 13.2 Å². The van der Waals surface area contributed by atoms with Crippen LogP contribution in [0.3, 0.4) is 0 Å². The number of nitrogens with two attached hydrogens (primary N) is 1. The average Bonchev–Trinajstić information content (AvgIpc) is 2.36. The summed E-state index contributed by atoms with van der Waals surface area (Å²) in [5.41, 5.74) is 0.913. The maximum atomic E-state index is 11.7. The second-order valence-corrected chi connectivity index (χ2v) is 6.51. The fourth-order valence-electron chi connectivity index (χ4n) is 1.96. The summed E-state index contributed by atoms with van der Waals surface area (Å²) in [5.74, 6) is 0.0153. The van der Waals surface area contributed by atoms with Gasteiger partial charge in [-0.25, -0.2) is 13.6 Å². The maximum Gasteiger partial charge on any atom is 0.238 e. The molecule has 1 aromatic rings. The van der Waals surface area contributed by atoms with Crippen molar-refractivity contribution in [2.45, 2.75) is 50.5 Å². The first-order valence-electron chi connectivity index (χ1n) is 6.74. The van der Waals surface area contributed by atoms with Crippen LogP contribution >= 0.6 is 0 Å². The molecule has 0 spiro atoms. The van der Waals surface area contributed by atoms with Gasteiger partial charge in [0.15, 0.2) is 0 Å². The smallest absolute Gasteiger partial charge is 0.238 e. The molecule has 0 saturated carbocycles. The second kappa shape index (κ2) is 7.40. The lowest BCUT2D eigenvalue weighted by molar-refractivity contribution is -0.121. The molecule has 6 heteroatoms. The molecule has 0 aromatic heterocycles. The molecule has 112 valence electrons. The molecular formula is C14H22N2O3S. The summed E-state index contributed by atoms with van der Waals surface area (Å²) in [6.45, 7) is 4.07. The van der Waals surface area contributed by atoms with E-state index in [0.717, 1.165) is 18.4 Å². The fourth-order valence-corrected chi connectivity index (χ4v) is 2.47. The minimum atomic E-state index is -3.65. The topological polar surface area (TPSA) is 89.3 Å². The monoisotopic (exact) mass is 298 g/mol. The van der Waals surface area contributed by atoms with Gasteiger partial charge < -0.3 is 5.32 Å². The van der Waals surface area contributed by atoms with Crippen LogP contribution in [-0.2, 0) is 21.2 Å². The number of nitrogens with one attached hydrogen (secondary N) is 1. The predicted molar refractivity (Wildman–Crippen MR) is 78.6 cm³/mol. The number of sulfonamides is 1. The third-order valence-electron chi connectivity index (χ3n) is 3.02. The first kappa shape index (κ1) is 16.7. The zero-order chi connectivity index (χ0) is 15.2. The summed E-state index contributed by atoms with van der Waals surface area (Å²) in [5, 5.41) is 7.95. The molecule has 0 aliphatic carbocycles. The molecule has 0 fully saturated rings. The van der Waals surface area contributed by atoms with E-state index < -0.39 is 10.0 Å². The summed E-state index contributed by atoms with van der Waals surface area (Å²) < 4.78 is 22.2. The largest absolute Gasteiger partial charge is 0.354 e. The van der Waals surface area contributed by atoms with Crippen molar-refractivity contribution < 1.29 is 13.2 Å². The Morgan fingerprint density at radius 2 is 1.90 bits per heavy atom. The standard InChI is InChI=1S/C14H22N2O3S/c1-3-4-11(2)16-14(17)10-7-12-5-8-13(9-6-12)20(15,18)19/h5-6,8-9,11H,3-4,7,10H2,1-2H3,(H,16,17)(H2,15,18,19)/t11-/m1/s1. The van der Waals surface area contributed by atoms with Crippen LogP contribution in [-0.4, -0.2) is 20.4 Å². The Labute approximate surface area is 120 Å². The van der Waals surface area contributed by atoms with Crippen LogP contribution in [0.2, 0.25) is 0 Å². The number of benzene rings is 1. The SMILES string of the molecule is CCC[C@@H](C)NC(=O)CCc1ccc(S(N)(=O)=O)cc1. The Kier molecular flexibility index (Phi) is 6.16. The maximum absolute atomic E-state index is 11.7. The highest BCUT2D eigenvalue weighted by atomic mass is 32.2. The van der Waals surface area contributed by atoms with E-state index in [4.69, 9.17) is 5.14 Å². The summed E-state index contributed by atoms with van der Waals surface area (Å²) in [6, 6.07) is 6.48. The quantitative estimate of drug-likeness (QED) is 0.800. The number of hydrogen-bond donors (Lipinski definition) is 2. The average molecular weight is 298 g/mol. The lowest BCUT2D eigenvalue weighted by Crippen LogP contribution is -2.32. The zero-order valence-electron chi connectivity index (χ0n) is 11.9. The molecule has 5 nitrogen and oxygen atoms in total. The minimum absolute atomic E-state index is 0.0153. The number of rotatable bonds is 7. The highest BCUT2D eigenvalue weighted by Crippen LogP contribution is 2.10. The van der Waals surface area contributed by atoms with Crippen molar-refractivity contribution in [3.8, 4) is 0 Å². The summed E-state index contributed by atoms with van der Waals surface area (Å²) >= 11 is 0. The molecule has 0 bridgehead atoms. The number of carbonyl (C=O) groups excluding carboxylic acids is 1. The minimum Gasteiger partial charge on any atom is -0.354 e. The highest BCUT2D eigenvalue weighted by Gasteiger charge is 2.09. The van der Waals surface area contributed by atoms with E-state index in [2.05, 4.69) is 12.2 Å². The first-order chi connectivity index (χ1) is 9.32. The van der Waals surface area contributed by atoms with Crippen LogP contribution in [0.25, 0.3) is 0 Å². The van der Waals surface area contributed by atoms with Gasteiger partial charge in [-0.2, -0.15) is 0 Å². The van der Waals surface area contributed by atoms with Crippen LogP contribution in [0.15, 0.2) is 29.2 Å². The summed E-state index contributed by atoms with van der Waals surface area (Å²) in [7, 11) is -3.65. The van der Waals surface area contributed by atoms with E-state index in [1.165, 1.54) is 12.1 Å². The van der Waals surface area contributed by atoms with Crippen molar-refractivity contribution in [1.82, 2.24) is 5.32 Å². The van der Waals surface area contributed by atoms with Crippen molar-refractivity contribution in [3.05, 3.63) is 29.8 Å². The normalized spacial score (nSPS) is 12.9. The Morgan fingerprint density at radius 1 is 1.30 bits per heavy atom. The Hall–Kier alpha value is -1.40. The van der Waals surface area contributed by atoms with Gasteiger partial charge in [-0.1, -0.05) is 25.5 Å². The van der Waals surface area contributed by atoms with Crippen LogP contribution in [0, 0.1) is 0 Å². The van der Waals surface area contributed by atoms with Crippen LogP contribution in [0.5, 0.6) is 0 Å². The van der Waals surface area contributed by atoms with E-state index in [1.807, 2.05) is 6.92 Å². The third kappa shape index (κ3) is 5.71. The van der Waals surface area contributed by atoms with E-state index in [0.29, 0.717) is 12.8 Å². The molecule has 20 heavy (non-hydrogen) atoms. The third-order valence-corrected chi connectivity index (χ3v) is 3.95. The predicted octanol–water partition coefficient (Wildman–Crippen LogP) is 1.57. The number of carbonyl (C=O) groups is 1. The lowest BCUT2D eigenvalue weighted by Gasteiger charge is -2.12. The van der Waals surface area contributed by atoms with Crippen LogP contribution < -0.4 is 10.5 Å². The van der Waals surface area contributed by atoms with Crippen molar-refractivity contribution in [2.24, 2.45) is 5.14 Å². The number of amides is 1. The van der Waals surface area contributed by atoms with Gasteiger partial charge in [-0.3, -0.25) is 4.79 Å². The molecule has 0 aliphatic heterocycles. The van der Waals surface area contributed by atoms with E-state index >= 15 is 0 Å². The first-order valence-corrected chi connectivity index (χ1v) is 8.28. The molecule has 3 N–H and O–H groups in total. The number of aryl methyl sites for hydroxylation is 1. The molecular weight excluding hydrogens is 276 g/mol. The van der Waals surface area contributed by atoms with E-state index in [-0.39, 0.29) is 16.8 Å². The van der Waals surface area contributed by atoms with Gasteiger partial charge in [-0.15, -0.1) is 0 Å². The molecule has 1 amide bonds. The summed E-state index contributed by atoms with van der Waals surface area (Å²) in [4.78, 5) is 11.8. The van der Waals surface area contributed by atoms with Gasteiger partial charge in [0.25, 0.3) is 0 Å². The van der Waals surface area contributed by atoms with Gasteiger partial charge in [0.1, 0.15) is 0 Å². The molecule has 0 saturated heterocycles. The zero-order valence-corrected chi connectivity index (χ0v) is 12.7. The second-order valence-electron chi connectivity index (χ2n) is 4.95. The molecule has 0 radical (unpaired) electrons. The van der Waals surface area contributed by atoms with Crippen molar-refractivity contribution >= 4 is 15.9 Å². The number of hydrogen-bond acceptors (Lipinski definition) is 3. The van der Waals surface area contributed by atoms with E-state index in [1.54, 1.807) is 12.1 Å². The molecule has 0 aliphatic rings. The Balaban J connectivity index is 2.48. The van der Waals surface area contributed by atoms with Gasteiger partial charge >= 0.3 is 0 Å². The Morgan fingerprint density at radius 3 is 2.40 bits per heavy atom. The Bertz CT molecular complexity index is 538. The van der Waals surface area contributed by atoms with Crippen molar-refractivity contribution in [3.63, 3.8) is 0 Å². The van der Waals surface area contributed by atoms with Crippen molar-refractivity contribution in [1.29, 1.82) is 0 Å². The lowest BCUT2D eigenvalue weighted by atomic mass is 10.1.